The van der Waals surface area contributed by atoms with Crippen LogP contribution in [0.1, 0.15) is 66.4 Å². The van der Waals surface area contributed by atoms with Crippen LogP contribution in [0.3, 0.4) is 0 Å². The highest BCUT2D eigenvalue weighted by Gasteiger charge is 2.22. The molecule has 166 valence electrons. The van der Waals surface area contributed by atoms with Gasteiger partial charge in [-0.1, -0.05) is 25.3 Å². The van der Waals surface area contributed by atoms with Gasteiger partial charge in [0.2, 0.25) is 0 Å². The molecule has 2 N–H and O–H groups in total. The molecule has 1 aromatic carbocycles. The van der Waals surface area contributed by atoms with E-state index in [9.17, 15) is 18.3 Å². The number of nitrogens with zero attached hydrogens (tertiary/aromatic N) is 2. The van der Waals surface area contributed by atoms with E-state index < -0.39 is 16.0 Å². The summed E-state index contributed by atoms with van der Waals surface area (Å²) in [6, 6.07) is 6.61. The van der Waals surface area contributed by atoms with E-state index in [4.69, 9.17) is 0 Å². The van der Waals surface area contributed by atoms with Gasteiger partial charge < -0.3 is 10.0 Å². The lowest BCUT2D eigenvalue weighted by molar-refractivity contribution is 0.0697. The lowest BCUT2D eigenvalue weighted by Crippen LogP contribution is -2.29. The molecule has 0 bridgehead atoms. The molecular formula is C23H29N3O4S. The minimum atomic E-state index is -3.83. The third-order valence-electron chi connectivity index (χ3n) is 6.14. The molecule has 0 radical (unpaired) electrons. The minimum Gasteiger partial charge on any atom is -0.478 e. The van der Waals surface area contributed by atoms with E-state index >= 15 is 0 Å². The second kappa shape index (κ2) is 9.26. The number of aryl methyl sites for hydroxylation is 2. The molecular weight excluding hydrogens is 414 g/mol. The van der Waals surface area contributed by atoms with Crippen LogP contribution in [0.5, 0.6) is 0 Å². The van der Waals surface area contributed by atoms with Gasteiger partial charge in [0.1, 0.15) is 11.4 Å². The lowest BCUT2D eigenvalue weighted by Gasteiger charge is -2.27. The highest BCUT2D eigenvalue weighted by molar-refractivity contribution is 7.92. The summed E-state index contributed by atoms with van der Waals surface area (Å²) in [7, 11) is -3.83. The van der Waals surface area contributed by atoms with Crippen molar-refractivity contribution in [3.05, 3.63) is 47.2 Å². The highest BCUT2D eigenvalue weighted by Crippen LogP contribution is 2.27. The van der Waals surface area contributed by atoms with Crippen molar-refractivity contribution in [2.45, 2.75) is 62.7 Å². The van der Waals surface area contributed by atoms with Crippen LogP contribution in [0.25, 0.3) is 0 Å². The number of hydrogen-bond acceptors (Lipinski definition) is 5. The molecule has 0 spiro atoms. The minimum absolute atomic E-state index is 0.0196. The molecule has 2 heterocycles. The molecule has 2 aromatic rings. The zero-order valence-corrected chi connectivity index (χ0v) is 18.5. The Balaban J connectivity index is 1.59. The number of sulfonamides is 1. The van der Waals surface area contributed by atoms with Gasteiger partial charge in [-0.15, -0.1) is 0 Å². The summed E-state index contributed by atoms with van der Waals surface area (Å²) in [5, 5.41) is 9.75. The Morgan fingerprint density at radius 3 is 2.32 bits per heavy atom. The number of rotatable bonds is 5. The van der Waals surface area contributed by atoms with Gasteiger partial charge >= 0.3 is 5.97 Å². The highest BCUT2D eigenvalue weighted by atomic mass is 32.2. The Labute approximate surface area is 183 Å². The molecule has 4 rings (SSSR count). The molecule has 1 aromatic heterocycles. The number of aromatic carboxylic acids is 1. The molecule has 0 amide bonds. The normalized spacial score (nSPS) is 17.4. The van der Waals surface area contributed by atoms with Crippen molar-refractivity contribution in [1.29, 1.82) is 0 Å². The summed E-state index contributed by atoms with van der Waals surface area (Å²) < 4.78 is 28.4. The van der Waals surface area contributed by atoms with Crippen LogP contribution in [0, 0.1) is 0 Å². The van der Waals surface area contributed by atoms with E-state index in [-0.39, 0.29) is 16.1 Å². The number of benzene rings is 1. The van der Waals surface area contributed by atoms with Gasteiger partial charge in [0.25, 0.3) is 10.0 Å². The molecule has 0 atom stereocenters. The van der Waals surface area contributed by atoms with Crippen molar-refractivity contribution in [1.82, 2.24) is 4.98 Å². The third kappa shape index (κ3) is 5.01. The first kappa shape index (κ1) is 21.6. The monoisotopic (exact) mass is 443 g/mol. The van der Waals surface area contributed by atoms with Crippen LogP contribution < -0.4 is 9.62 Å². The molecule has 2 aliphatic rings. The van der Waals surface area contributed by atoms with Gasteiger partial charge in [0, 0.05) is 13.1 Å². The maximum atomic E-state index is 12.9. The zero-order valence-electron chi connectivity index (χ0n) is 17.6. The number of carboxylic acids is 1. The molecule has 1 saturated heterocycles. The predicted octanol–water partition coefficient (Wildman–Crippen LogP) is 4.23. The summed E-state index contributed by atoms with van der Waals surface area (Å²) in [6.07, 6.45) is 10.9. The van der Waals surface area contributed by atoms with Crippen molar-refractivity contribution in [3.63, 3.8) is 0 Å². The Kier molecular flexibility index (Phi) is 6.46. The second-order valence-electron chi connectivity index (χ2n) is 8.40. The Morgan fingerprint density at radius 1 is 0.935 bits per heavy atom. The number of anilines is 2. The van der Waals surface area contributed by atoms with E-state index in [1.165, 1.54) is 24.2 Å². The summed E-state index contributed by atoms with van der Waals surface area (Å²) in [4.78, 5) is 18.5. The van der Waals surface area contributed by atoms with Crippen molar-refractivity contribution in [2.24, 2.45) is 0 Å². The van der Waals surface area contributed by atoms with Crippen molar-refractivity contribution >= 4 is 27.5 Å². The molecule has 31 heavy (non-hydrogen) atoms. The van der Waals surface area contributed by atoms with Gasteiger partial charge in [-0.25, -0.2) is 18.2 Å². The quantitative estimate of drug-likeness (QED) is 0.717. The maximum Gasteiger partial charge on any atom is 0.339 e. The smallest absolute Gasteiger partial charge is 0.339 e. The van der Waals surface area contributed by atoms with Crippen LogP contribution in [0.2, 0.25) is 0 Å². The number of fused-ring (bicyclic) bond motifs is 1. The number of carboxylic acid groups (broad SMARTS) is 1. The number of nitrogens with one attached hydrogen (secondary N) is 1. The Hall–Kier alpha value is -2.61. The molecule has 0 saturated carbocycles. The van der Waals surface area contributed by atoms with Crippen molar-refractivity contribution in [2.75, 3.05) is 22.7 Å². The number of aromatic nitrogens is 1. The average Bonchev–Trinajstić information content (AvgIpc) is 2.73. The average molecular weight is 444 g/mol. The summed E-state index contributed by atoms with van der Waals surface area (Å²) in [5.74, 6) is -0.703. The van der Waals surface area contributed by atoms with Crippen LogP contribution in [0.15, 0.2) is 35.4 Å². The second-order valence-corrected chi connectivity index (χ2v) is 10.1. The van der Waals surface area contributed by atoms with E-state index in [1.807, 2.05) is 11.0 Å². The fraction of sp³-hybridized carbons (Fsp3) is 0.478. The molecule has 8 heteroatoms. The number of carbonyl (C=O) groups is 1. The maximum absolute atomic E-state index is 12.9. The molecule has 1 aliphatic carbocycles. The third-order valence-corrected chi connectivity index (χ3v) is 7.51. The predicted molar refractivity (Wildman–Crippen MR) is 120 cm³/mol. The molecule has 1 fully saturated rings. The lowest BCUT2D eigenvalue weighted by atomic mass is 9.92. The van der Waals surface area contributed by atoms with Crippen LogP contribution >= 0.6 is 0 Å². The number of hydrogen-bond donors (Lipinski definition) is 2. The standard InChI is InChI=1S/C23H29N3O4S/c27-23(28)21-15-19(16-24-22(21)26-12-6-2-1-3-7-13-26)25-31(29,30)20-11-10-17-8-4-5-9-18(17)14-20/h10-11,14-16,25H,1-9,12-13H2,(H,27,28). The van der Waals surface area contributed by atoms with Crippen LogP contribution in [-0.4, -0.2) is 37.6 Å². The van der Waals surface area contributed by atoms with Gasteiger partial charge in [-0.05, 0) is 67.9 Å². The number of pyridine rings is 1. The largest absolute Gasteiger partial charge is 0.478 e. The summed E-state index contributed by atoms with van der Waals surface area (Å²) >= 11 is 0. The fourth-order valence-electron chi connectivity index (χ4n) is 4.47. The SMILES string of the molecule is O=C(O)c1cc(NS(=O)(=O)c2ccc3c(c2)CCCC3)cnc1N1CCCCCCC1. The van der Waals surface area contributed by atoms with E-state index in [0.29, 0.717) is 5.82 Å². The van der Waals surface area contributed by atoms with Crippen molar-refractivity contribution in [3.8, 4) is 0 Å². The topological polar surface area (TPSA) is 99.6 Å². The van der Waals surface area contributed by atoms with Gasteiger partial charge in [0.15, 0.2) is 0 Å². The Morgan fingerprint density at radius 2 is 1.61 bits per heavy atom. The van der Waals surface area contributed by atoms with Crippen LogP contribution in [0.4, 0.5) is 11.5 Å². The van der Waals surface area contributed by atoms with Crippen molar-refractivity contribution < 1.29 is 18.3 Å². The molecule has 0 unspecified atom stereocenters. The first-order valence-corrected chi connectivity index (χ1v) is 12.6. The Bertz CT molecular complexity index is 1060. The van der Waals surface area contributed by atoms with E-state index in [1.54, 1.807) is 12.1 Å². The van der Waals surface area contributed by atoms with E-state index in [0.717, 1.165) is 70.0 Å². The fourth-order valence-corrected chi connectivity index (χ4v) is 5.56. The van der Waals surface area contributed by atoms with Gasteiger partial charge in [0.05, 0.1) is 16.8 Å². The first-order chi connectivity index (χ1) is 14.9. The molecule has 7 nitrogen and oxygen atoms in total. The summed E-state index contributed by atoms with van der Waals surface area (Å²) in [6.45, 7) is 1.51. The first-order valence-electron chi connectivity index (χ1n) is 11.1. The van der Waals surface area contributed by atoms with Gasteiger partial charge in [-0.2, -0.15) is 0 Å². The van der Waals surface area contributed by atoms with Crippen LogP contribution in [-0.2, 0) is 22.9 Å². The zero-order chi connectivity index (χ0) is 21.8. The molecule has 1 aliphatic heterocycles. The van der Waals surface area contributed by atoms with E-state index in [2.05, 4.69) is 9.71 Å². The summed E-state index contributed by atoms with van der Waals surface area (Å²) in [5.41, 5.74) is 2.46. The van der Waals surface area contributed by atoms with Gasteiger partial charge in [-0.3, -0.25) is 4.72 Å².